The van der Waals surface area contributed by atoms with Crippen LogP contribution in [0.1, 0.15) is 46.9 Å². The molecule has 2 N–H and O–H groups in total. The number of nitrogens with zero attached hydrogens (tertiary/aromatic N) is 1. The summed E-state index contributed by atoms with van der Waals surface area (Å²) < 4.78 is 5.17. The van der Waals surface area contributed by atoms with Crippen molar-refractivity contribution in [3.05, 3.63) is 29.3 Å². The number of fused-ring (bicyclic) bond motifs is 1. The molecular formula is C18H19N3O6. The van der Waals surface area contributed by atoms with Crippen molar-refractivity contribution in [1.82, 2.24) is 10.2 Å². The Balaban J connectivity index is 1.83. The molecule has 1 aromatic rings. The topological polar surface area (TPSA) is 122 Å². The van der Waals surface area contributed by atoms with E-state index in [0.29, 0.717) is 6.61 Å². The number of benzene rings is 1. The van der Waals surface area contributed by atoms with E-state index in [1.807, 2.05) is 6.92 Å². The van der Waals surface area contributed by atoms with Gasteiger partial charge in [-0.05, 0) is 25.0 Å². The Morgan fingerprint density at radius 1 is 1.26 bits per heavy atom. The number of carbonyl (C=O) groups is 5. The largest absolute Gasteiger partial charge is 0.372 e. The minimum atomic E-state index is -1.05. The molecule has 5 amide bonds. The van der Waals surface area contributed by atoms with Crippen LogP contribution >= 0.6 is 0 Å². The van der Waals surface area contributed by atoms with E-state index >= 15 is 0 Å². The fourth-order valence-corrected chi connectivity index (χ4v) is 3.11. The molecule has 2 aliphatic heterocycles. The summed E-state index contributed by atoms with van der Waals surface area (Å²) in [4.78, 5) is 61.8. The van der Waals surface area contributed by atoms with Crippen LogP contribution in [0.4, 0.5) is 5.69 Å². The van der Waals surface area contributed by atoms with Crippen LogP contribution in [0.2, 0.25) is 0 Å². The van der Waals surface area contributed by atoms with Crippen molar-refractivity contribution in [2.75, 3.05) is 18.5 Å². The van der Waals surface area contributed by atoms with E-state index in [1.165, 1.54) is 12.1 Å². The number of carbonyl (C=O) groups excluding carboxylic acids is 5. The number of hydrogen-bond acceptors (Lipinski definition) is 6. The van der Waals surface area contributed by atoms with Crippen molar-refractivity contribution in [3.63, 3.8) is 0 Å². The Morgan fingerprint density at radius 2 is 2.04 bits per heavy atom. The van der Waals surface area contributed by atoms with Crippen LogP contribution in [0.5, 0.6) is 0 Å². The molecule has 27 heavy (non-hydrogen) atoms. The van der Waals surface area contributed by atoms with Crippen molar-refractivity contribution < 1.29 is 28.7 Å². The fraction of sp³-hybridized carbons (Fsp3) is 0.389. The molecule has 1 atom stereocenters. The summed E-state index contributed by atoms with van der Waals surface area (Å²) in [6.45, 7) is 2.17. The summed E-state index contributed by atoms with van der Waals surface area (Å²) in [5.41, 5.74) is 0.332. The first-order valence-corrected chi connectivity index (χ1v) is 8.66. The number of rotatable bonds is 6. The highest BCUT2D eigenvalue weighted by Crippen LogP contribution is 2.32. The predicted octanol–water partition coefficient (Wildman–Crippen LogP) is 0.453. The van der Waals surface area contributed by atoms with Gasteiger partial charge < -0.3 is 10.1 Å². The van der Waals surface area contributed by atoms with Crippen molar-refractivity contribution in [2.24, 2.45) is 0 Å². The highest BCUT2D eigenvalue weighted by molar-refractivity contribution is 6.26. The number of ether oxygens (including phenoxy) is 1. The number of nitrogens with one attached hydrogen (secondary N) is 2. The lowest BCUT2D eigenvalue weighted by atomic mass is 10.0. The highest BCUT2D eigenvalue weighted by atomic mass is 16.5. The van der Waals surface area contributed by atoms with Crippen LogP contribution in [0, 0.1) is 0 Å². The molecule has 9 nitrogen and oxygen atoms in total. The van der Waals surface area contributed by atoms with E-state index in [9.17, 15) is 24.0 Å². The van der Waals surface area contributed by atoms with Gasteiger partial charge in [0.1, 0.15) is 12.6 Å². The zero-order valence-electron chi connectivity index (χ0n) is 14.7. The molecule has 1 aromatic carbocycles. The molecule has 2 heterocycles. The molecule has 1 fully saturated rings. The van der Waals surface area contributed by atoms with Gasteiger partial charge in [-0.15, -0.1) is 0 Å². The van der Waals surface area contributed by atoms with Crippen LogP contribution in [0.15, 0.2) is 18.2 Å². The monoisotopic (exact) mass is 373 g/mol. The third-order valence-corrected chi connectivity index (χ3v) is 4.32. The Bertz CT molecular complexity index is 834. The van der Waals surface area contributed by atoms with E-state index in [-0.39, 0.29) is 36.3 Å². The van der Waals surface area contributed by atoms with Gasteiger partial charge in [0.05, 0.1) is 16.8 Å². The molecule has 0 saturated carbocycles. The Hall–Kier alpha value is -3.07. The summed E-state index contributed by atoms with van der Waals surface area (Å²) in [5.74, 6) is -2.86. The molecule has 0 bridgehead atoms. The van der Waals surface area contributed by atoms with Gasteiger partial charge in [0.15, 0.2) is 0 Å². The second-order valence-electron chi connectivity index (χ2n) is 6.28. The zero-order chi connectivity index (χ0) is 19.6. The summed E-state index contributed by atoms with van der Waals surface area (Å²) in [7, 11) is 0. The maximum atomic E-state index is 12.9. The number of piperidine rings is 1. The average Bonchev–Trinajstić information content (AvgIpc) is 2.88. The summed E-state index contributed by atoms with van der Waals surface area (Å²) in [6.07, 6.45) is 0.882. The number of imide groups is 2. The summed E-state index contributed by atoms with van der Waals surface area (Å²) in [6, 6.07) is 3.47. The van der Waals surface area contributed by atoms with E-state index in [1.54, 1.807) is 6.07 Å². The van der Waals surface area contributed by atoms with Crippen LogP contribution in [-0.2, 0) is 19.1 Å². The number of amides is 5. The second-order valence-corrected chi connectivity index (χ2v) is 6.28. The first-order chi connectivity index (χ1) is 12.9. The second kappa shape index (κ2) is 7.67. The molecule has 1 saturated heterocycles. The summed E-state index contributed by atoms with van der Waals surface area (Å²) in [5, 5.41) is 4.71. The molecule has 0 spiro atoms. The molecule has 0 aromatic heterocycles. The molecule has 2 aliphatic rings. The van der Waals surface area contributed by atoms with Crippen LogP contribution in [0.25, 0.3) is 0 Å². The van der Waals surface area contributed by atoms with Gasteiger partial charge >= 0.3 is 0 Å². The maximum Gasteiger partial charge on any atom is 0.264 e. The van der Waals surface area contributed by atoms with E-state index < -0.39 is 35.6 Å². The van der Waals surface area contributed by atoms with Gasteiger partial charge in [-0.3, -0.25) is 34.2 Å². The smallest absolute Gasteiger partial charge is 0.264 e. The van der Waals surface area contributed by atoms with E-state index in [0.717, 1.165) is 11.3 Å². The molecule has 1 unspecified atom stereocenters. The van der Waals surface area contributed by atoms with Crippen molar-refractivity contribution in [3.8, 4) is 0 Å². The normalized spacial score (nSPS) is 19.1. The van der Waals surface area contributed by atoms with Crippen molar-refractivity contribution in [2.45, 2.75) is 32.2 Å². The van der Waals surface area contributed by atoms with Gasteiger partial charge in [0.25, 0.3) is 11.8 Å². The Labute approximate surface area is 155 Å². The van der Waals surface area contributed by atoms with E-state index in [2.05, 4.69) is 10.6 Å². The highest BCUT2D eigenvalue weighted by Gasteiger charge is 2.45. The van der Waals surface area contributed by atoms with Crippen molar-refractivity contribution in [1.29, 1.82) is 0 Å². The molecule has 3 rings (SSSR count). The van der Waals surface area contributed by atoms with Gasteiger partial charge in [0.2, 0.25) is 17.7 Å². The maximum absolute atomic E-state index is 12.9. The summed E-state index contributed by atoms with van der Waals surface area (Å²) >= 11 is 0. The van der Waals surface area contributed by atoms with Crippen LogP contribution in [0.3, 0.4) is 0 Å². The third kappa shape index (κ3) is 3.59. The SMILES string of the molecule is CCCOCC(=O)Nc1cccc2c1C(=O)N(C1CCC(=O)NC1=O)C2=O. The average molecular weight is 373 g/mol. The molecule has 9 heteroatoms. The van der Waals surface area contributed by atoms with Gasteiger partial charge in [0, 0.05) is 13.0 Å². The number of hydrogen-bond donors (Lipinski definition) is 2. The predicted molar refractivity (Wildman–Crippen MR) is 92.9 cm³/mol. The lowest BCUT2D eigenvalue weighted by molar-refractivity contribution is -0.136. The van der Waals surface area contributed by atoms with Crippen LogP contribution < -0.4 is 10.6 Å². The first kappa shape index (κ1) is 18.7. The third-order valence-electron chi connectivity index (χ3n) is 4.32. The van der Waals surface area contributed by atoms with Crippen LogP contribution in [-0.4, -0.2) is 53.7 Å². The minimum Gasteiger partial charge on any atom is -0.372 e. The van der Waals surface area contributed by atoms with Gasteiger partial charge in [-0.1, -0.05) is 13.0 Å². The molecule has 142 valence electrons. The quantitative estimate of drug-likeness (QED) is 0.552. The Morgan fingerprint density at radius 3 is 2.74 bits per heavy atom. The van der Waals surface area contributed by atoms with Crippen molar-refractivity contribution >= 4 is 35.2 Å². The lowest BCUT2D eigenvalue weighted by Gasteiger charge is -2.27. The molecule has 0 aliphatic carbocycles. The number of anilines is 1. The molecule has 0 radical (unpaired) electrons. The zero-order valence-corrected chi connectivity index (χ0v) is 14.7. The fourth-order valence-electron chi connectivity index (χ4n) is 3.11. The Kier molecular flexibility index (Phi) is 5.31. The van der Waals surface area contributed by atoms with Gasteiger partial charge in [-0.25, -0.2) is 0 Å². The first-order valence-electron chi connectivity index (χ1n) is 8.66. The lowest BCUT2D eigenvalue weighted by Crippen LogP contribution is -2.54. The standard InChI is InChI=1S/C18H19N3O6/c1-2-8-27-9-14(23)19-11-5-3-4-10-15(11)18(26)21(17(10)25)12-6-7-13(22)20-16(12)24/h3-5,12H,2,6-9H2,1H3,(H,19,23)(H,20,22,24). The molecular weight excluding hydrogens is 354 g/mol. The van der Waals surface area contributed by atoms with E-state index in [4.69, 9.17) is 4.74 Å². The van der Waals surface area contributed by atoms with Gasteiger partial charge in [-0.2, -0.15) is 0 Å². The minimum absolute atomic E-state index is 0.0380.